The molecule has 2 rings (SSSR count). The van der Waals surface area contributed by atoms with E-state index in [1.165, 1.54) is 12.1 Å². The highest BCUT2D eigenvalue weighted by Crippen LogP contribution is 2.17. The lowest BCUT2D eigenvalue weighted by Crippen LogP contribution is -2.39. The number of halogens is 1. The second kappa shape index (κ2) is 7.74. The Balaban J connectivity index is 2.07. The molecule has 1 amide bonds. The van der Waals surface area contributed by atoms with Crippen LogP contribution in [0.3, 0.4) is 0 Å². The van der Waals surface area contributed by atoms with Crippen molar-refractivity contribution in [1.29, 1.82) is 0 Å². The van der Waals surface area contributed by atoms with Gasteiger partial charge in [-0.1, -0.05) is 30.3 Å². The first-order chi connectivity index (χ1) is 11.0. The third-order valence-electron chi connectivity index (χ3n) is 3.59. The van der Waals surface area contributed by atoms with E-state index in [0.717, 1.165) is 5.56 Å². The van der Waals surface area contributed by atoms with Crippen LogP contribution in [0.4, 0.5) is 10.1 Å². The van der Waals surface area contributed by atoms with Crippen molar-refractivity contribution in [2.24, 2.45) is 0 Å². The van der Waals surface area contributed by atoms with Gasteiger partial charge in [0.1, 0.15) is 5.82 Å². The molecule has 0 heterocycles. The lowest BCUT2D eigenvalue weighted by molar-refractivity contribution is 0.0912. The van der Waals surface area contributed by atoms with Gasteiger partial charge in [-0.15, -0.1) is 0 Å². The molecule has 0 aliphatic carbocycles. The fourth-order valence-electron chi connectivity index (χ4n) is 2.29. The van der Waals surface area contributed by atoms with Gasteiger partial charge in [0.05, 0.1) is 18.2 Å². The van der Waals surface area contributed by atoms with Gasteiger partial charge in [0.2, 0.25) is 0 Å². The fraction of sp³-hybridized carbons (Fsp3) is 0.278. The van der Waals surface area contributed by atoms with Crippen LogP contribution in [0.25, 0.3) is 0 Å². The number of aliphatic hydroxyl groups is 1. The molecule has 0 fully saturated rings. The maximum absolute atomic E-state index is 14.1. The quantitative estimate of drug-likeness (QED) is 0.859. The SMILES string of the molecule is CN(C)c1ccc(C(=O)N[C@@H](CO)Cc2ccccc2)c(F)c1. The minimum absolute atomic E-state index is 0.0258. The molecule has 1 atom stereocenters. The van der Waals surface area contributed by atoms with Gasteiger partial charge in [-0.3, -0.25) is 4.79 Å². The summed E-state index contributed by atoms with van der Waals surface area (Å²) in [7, 11) is 3.60. The number of nitrogens with zero attached hydrogens (tertiary/aromatic N) is 1. The Hall–Kier alpha value is -2.40. The van der Waals surface area contributed by atoms with Gasteiger partial charge in [0, 0.05) is 19.8 Å². The van der Waals surface area contributed by atoms with Gasteiger partial charge in [-0.2, -0.15) is 0 Å². The molecule has 0 spiro atoms. The first-order valence-electron chi connectivity index (χ1n) is 7.43. The van der Waals surface area contributed by atoms with Crippen LogP contribution >= 0.6 is 0 Å². The van der Waals surface area contributed by atoms with Crippen molar-refractivity contribution in [3.8, 4) is 0 Å². The van der Waals surface area contributed by atoms with Gasteiger partial charge in [-0.25, -0.2) is 4.39 Å². The standard InChI is InChI=1S/C18H21FN2O2/c1-21(2)15-8-9-16(17(19)11-15)18(23)20-14(12-22)10-13-6-4-3-5-7-13/h3-9,11,14,22H,10,12H2,1-2H3,(H,20,23)/t14-/m1/s1. The van der Waals surface area contributed by atoms with Crippen molar-refractivity contribution in [2.75, 3.05) is 25.6 Å². The molecule has 0 aliphatic rings. The molecule has 0 aromatic heterocycles. The summed E-state index contributed by atoms with van der Waals surface area (Å²) in [4.78, 5) is 14.0. The van der Waals surface area contributed by atoms with Crippen LogP contribution in [0, 0.1) is 5.82 Å². The first-order valence-corrected chi connectivity index (χ1v) is 7.43. The Kier molecular flexibility index (Phi) is 5.71. The number of carbonyl (C=O) groups is 1. The van der Waals surface area contributed by atoms with E-state index in [1.807, 2.05) is 30.3 Å². The number of hydrogen-bond donors (Lipinski definition) is 2. The van der Waals surface area contributed by atoms with Crippen LogP contribution in [0.1, 0.15) is 15.9 Å². The van der Waals surface area contributed by atoms with Gasteiger partial charge in [-0.05, 0) is 30.2 Å². The monoisotopic (exact) mass is 316 g/mol. The molecule has 4 nitrogen and oxygen atoms in total. The van der Waals surface area contributed by atoms with Crippen LogP contribution < -0.4 is 10.2 Å². The molecule has 0 bridgehead atoms. The van der Waals surface area contributed by atoms with Gasteiger partial charge >= 0.3 is 0 Å². The largest absolute Gasteiger partial charge is 0.394 e. The average molecular weight is 316 g/mol. The van der Waals surface area contributed by atoms with Crippen molar-refractivity contribution < 1.29 is 14.3 Å². The summed E-state index contributed by atoms with van der Waals surface area (Å²) in [6.45, 7) is -0.210. The highest BCUT2D eigenvalue weighted by Gasteiger charge is 2.17. The van der Waals surface area contributed by atoms with E-state index in [-0.39, 0.29) is 12.2 Å². The second-order valence-corrected chi connectivity index (χ2v) is 5.60. The van der Waals surface area contributed by atoms with Gasteiger partial charge in [0.25, 0.3) is 5.91 Å². The highest BCUT2D eigenvalue weighted by atomic mass is 19.1. The molecule has 122 valence electrons. The number of benzene rings is 2. The number of amides is 1. The molecule has 2 N–H and O–H groups in total. The normalized spacial score (nSPS) is 11.8. The van der Waals surface area contributed by atoms with E-state index in [9.17, 15) is 14.3 Å². The Morgan fingerprint density at radius 2 is 1.91 bits per heavy atom. The topological polar surface area (TPSA) is 52.6 Å². The smallest absolute Gasteiger partial charge is 0.254 e. The van der Waals surface area contributed by atoms with Crippen LogP contribution in [-0.2, 0) is 6.42 Å². The Morgan fingerprint density at radius 3 is 2.48 bits per heavy atom. The predicted octanol–water partition coefficient (Wildman–Crippen LogP) is 2.23. The third kappa shape index (κ3) is 4.53. The number of anilines is 1. The zero-order valence-corrected chi connectivity index (χ0v) is 13.3. The van der Waals surface area contributed by atoms with E-state index in [4.69, 9.17) is 0 Å². The molecular weight excluding hydrogens is 295 g/mol. The predicted molar refractivity (Wildman–Crippen MR) is 89.2 cm³/mol. The zero-order valence-electron chi connectivity index (χ0n) is 13.3. The second-order valence-electron chi connectivity index (χ2n) is 5.60. The Bertz CT molecular complexity index is 659. The van der Waals surface area contributed by atoms with E-state index >= 15 is 0 Å². The number of hydrogen-bond acceptors (Lipinski definition) is 3. The van der Waals surface area contributed by atoms with Crippen LogP contribution in [-0.4, -0.2) is 37.8 Å². The molecule has 2 aromatic carbocycles. The van der Waals surface area contributed by atoms with E-state index in [1.54, 1.807) is 25.1 Å². The van der Waals surface area contributed by atoms with Crippen molar-refractivity contribution >= 4 is 11.6 Å². The van der Waals surface area contributed by atoms with Crippen LogP contribution in [0.15, 0.2) is 48.5 Å². The number of aliphatic hydroxyl groups excluding tert-OH is 1. The van der Waals surface area contributed by atoms with Crippen LogP contribution in [0.2, 0.25) is 0 Å². The summed E-state index contributed by atoms with van der Waals surface area (Å²) in [5.41, 5.74) is 1.65. The molecular formula is C18H21FN2O2. The zero-order chi connectivity index (χ0) is 16.8. The molecule has 0 saturated heterocycles. The molecule has 23 heavy (non-hydrogen) atoms. The van der Waals surface area contributed by atoms with Gasteiger partial charge in [0.15, 0.2) is 0 Å². The van der Waals surface area contributed by atoms with E-state index in [2.05, 4.69) is 5.32 Å². The number of rotatable bonds is 6. The van der Waals surface area contributed by atoms with Gasteiger partial charge < -0.3 is 15.3 Å². The maximum atomic E-state index is 14.1. The maximum Gasteiger partial charge on any atom is 0.254 e. The summed E-state index contributed by atoms with van der Waals surface area (Å²) in [5, 5.41) is 12.1. The minimum Gasteiger partial charge on any atom is -0.394 e. The number of nitrogens with one attached hydrogen (secondary N) is 1. The summed E-state index contributed by atoms with van der Waals surface area (Å²) in [5.74, 6) is -1.10. The summed E-state index contributed by atoms with van der Waals surface area (Å²) in [6.07, 6.45) is 0.487. The molecule has 2 aromatic rings. The van der Waals surface area contributed by atoms with Crippen molar-refractivity contribution in [1.82, 2.24) is 5.32 Å². The van der Waals surface area contributed by atoms with E-state index < -0.39 is 17.8 Å². The Morgan fingerprint density at radius 1 is 1.22 bits per heavy atom. The molecule has 0 aliphatic heterocycles. The number of carbonyl (C=O) groups excluding carboxylic acids is 1. The summed E-state index contributed by atoms with van der Waals surface area (Å²) >= 11 is 0. The van der Waals surface area contributed by atoms with Crippen LogP contribution in [0.5, 0.6) is 0 Å². The third-order valence-corrected chi connectivity index (χ3v) is 3.59. The van der Waals surface area contributed by atoms with E-state index in [0.29, 0.717) is 12.1 Å². The van der Waals surface area contributed by atoms with Crippen molar-refractivity contribution in [3.63, 3.8) is 0 Å². The lowest BCUT2D eigenvalue weighted by Gasteiger charge is -2.18. The molecule has 0 radical (unpaired) electrons. The molecule has 0 saturated carbocycles. The average Bonchev–Trinajstić information content (AvgIpc) is 2.54. The first kappa shape index (κ1) is 17.0. The molecule has 0 unspecified atom stereocenters. The van der Waals surface area contributed by atoms with Crippen molar-refractivity contribution in [3.05, 3.63) is 65.5 Å². The highest BCUT2D eigenvalue weighted by molar-refractivity contribution is 5.95. The Labute approximate surface area is 135 Å². The summed E-state index contributed by atoms with van der Waals surface area (Å²) < 4.78 is 14.1. The fourth-order valence-corrected chi connectivity index (χ4v) is 2.29. The summed E-state index contributed by atoms with van der Waals surface area (Å²) in [6, 6.07) is 13.5. The minimum atomic E-state index is -0.579. The molecule has 5 heteroatoms. The lowest BCUT2D eigenvalue weighted by atomic mass is 10.1. The van der Waals surface area contributed by atoms with Crippen molar-refractivity contribution in [2.45, 2.75) is 12.5 Å².